The lowest BCUT2D eigenvalue weighted by Crippen LogP contribution is -2.36. The lowest BCUT2D eigenvalue weighted by Gasteiger charge is -2.24. The van der Waals surface area contributed by atoms with Crippen molar-refractivity contribution in [1.82, 2.24) is 15.1 Å². The van der Waals surface area contributed by atoms with Crippen LogP contribution in [0.4, 0.5) is 0 Å². The van der Waals surface area contributed by atoms with Gasteiger partial charge in [0, 0.05) is 30.5 Å². The number of aryl methyl sites for hydroxylation is 1. The largest absolute Gasteiger partial charge is 0.496 e. The summed E-state index contributed by atoms with van der Waals surface area (Å²) in [7, 11) is 1.62. The van der Waals surface area contributed by atoms with E-state index in [0.29, 0.717) is 12.3 Å². The van der Waals surface area contributed by atoms with Gasteiger partial charge in [-0.3, -0.25) is 4.68 Å². The Kier molecular flexibility index (Phi) is 5.57. The highest BCUT2D eigenvalue weighted by molar-refractivity contribution is 5.38. The maximum atomic E-state index is 10.5. The fourth-order valence-corrected chi connectivity index (χ4v) is 2.44. The van der Waals surface area contributed by atoms with Crippen molar-refractivity contribution in [3.05, 3.63) is 47.8 Å². The van der Waals surface area contributed by atoms with E-state index in [1.807, 2.05) is 42.1 Å². The van der Waals surface area contributed by atoms with E-state index in [4.69, 9.17) is 4.74 Å². The molecular weight excluding hydrogens is 278 g/mol. The Balaban J connectivity index is 1.97. The Hall–Kier alpha value is -1.85. The molecule has 1 aromatic carbocycles. The summed E-state index contributed by atoms with van der Waals surface area (Å²) >= 11 is 0. The molecule has 0 radical (unpaired) electrons. The number of rotatable bonds is 7. The van der Waals surface area contributed by atoms with Crippen molar-refractivity contribution in [3.63, 3.8) is 0 Å². The number of benzene rings is 1. The Morgan fingerprint density at radius 2 is 2.14 bits per heavy atom. The molecule has 1 heterocycles. The lowest BCUT2D eigenvalue weighted by atomic mass is 10.0. The zero-order valence-corrected chi connectivity index (χ0v) is 13.7. The topological polar surface area (TPSA) is 59.3 Å². The van der Waals surface area contributed by atoms with E-state index in [0.717, 1.165) is 11.1 Å². The molecular formula is C17H25N3O2. The number of aliphatic hydroxyl groups excluding tert-OH is 1. The Morgan fingerprint density at radius 3 is 2.77 bits per heavy atom. The highest BCUT2D eigenvalue weighted by Gasteiger charge is 2.18. The number of hydrogen-bond acceptors (Lipinski definition) is 4. The number of nitrogens with zero attached hydrogens (tertiary/aromatic N) is 2. The number of ether oxygens (including phenoxy) is 1. The predicted octanol–water partition coefficient (Wildman–Crippen LogP) is 2.47. The molecule has 0 fully saturated rings. The standard InChI is InChI=1S/C17H25N3O2/c1-12-6-7-17(22-4)15(10-12)16(21)11-18-13(2)14(3)20-9-5-8-19-20/h5-10,13-14,16,18,21H,11H2,1-4H3/t13-,14+,16-/m1/s1. The quantitative estimate of drug-likeness (QED) is 0.825. The maximum absolute atomic E-state index is 10.5. The molecule has 2 rings (SSSR count). The van der Waals surface area contributed by atoms with Gasteiger partial charge in [0.15, 0.2) is 0 Å². The summed E-state index contributed by atoms with van der Waals surface area (Å²) in [5.74, 6) is 0.715. The van der Waals surface area contributed by atoms with Gasteiger partial charge in [-0.1, -0.05) is 11.6 Å². The third-order valence-corrected chi connectivity index (χ3v) is 4.04. The average Bonchev–Trinajstić information content (AvgIpc) is 3.05. The number of hydrogen-bond donors (Lipinski definition) is 2. The van der Waals surface area contributed by atoms with E-state index < -0.39 is 6.10 Å². The first kappa shape index (κ1) is 16.5. The summed E-state index contributed by atoms with van der Waals surface area (Å²) in [6, 6.07) is 8.14. The molecule has 0 aliphatic heterocycles. The summed E-state index contributed by atoms with van der Waals surface area (Å²) in [6.45, 7) is 6.66. The smallest absolute Gasteiger partial charge is 0.124 e. The van der Waals surface area contributed by atoms with Gasteiger partial charge in [-0.05, 0) is 39.0 Å². The van der Waals surface area contributed by atoms with Crippen LogP contribution < -0.4 is 10.1 Å². The van der Waals surface area contributed by atoms with Crippen molar-refractivity contribution in [2.24, 2.45) is 0 Å². The van der Waals surface area contributed by atoms with E-state index in [2.05, 4.69) is 24.3 Å². The van der Waals surface area contributed by atoms with Gasteiger partial charge in [0.1, 0.15) is 5.75 Å². The van der Waals surface area contributed by atoms with Gasteiger partial charge >= 0.3 is 0 Å². The van der Waals surface area contributed by atoms with Gasteiger partial charge in [-0.2, -0.15) is 5.10 Å². The first-order valence-corrected chi connectivity index (χ1v) is 7.58. The van der Waals surface area contributed by atoms with Crippen LogP contribution in [0.1, 0.15) is 37.1 Å². The molecule has 2 N–H and O–H groups in total. The SMILES string of the molecule is COc1ccc(C)cc1[C@H](O)CN[C@H](C)[C@H](C)n1cccn1. The van der Waals surface area contributed by atoms with E-state index in [-0.39, 0.29) is 12.1 Å². The highest BCUT2D eigenvalue weighted by atomic mass is 16.5. The van der Waals surface area contributed by atoms with Crippen molar-refractivity contribution in [2.45, 2.75) is 39.0 Å². The monoisotopic (exact) mass is 303 g/mol. The first-order valence-electron chi connectivity index (χ1n) is 7.58. The Bertz CT molecular complexity index is 584. The second-order valence-electron chi connectivity index (χ2n) is 5.68. The molecule has 1 aromatic heterocycles. The van der Waals surface area contributed by atoms with Crippen molar-refractivity contribution < 1.29 is 9.84 Å². The molecule has 22 heavy (non-hydrogen) atoms. The van der Waals surface area contributed by atoms with Crippen LogP contribution in [0.5, 0.6) is 5.75 Å². The minimum atomic E-state index is -0.609. The Morgan fingerprint density at radius 1 is 1.36 bits per heavy atom. The van der Waals surface area contributed by atoms with Gasteiger partial charge in [0.05, 0.1) is 19.3 Å². The van der Waals surface area contributed by atoms with Crippen molar-refractivity contribution in [3.8, 4) is 5.75 Å². The van der Waals surface area contributed by atoms with Gasteiger partial charge in [0.25, 0.3) is 0 Å². The van der Waals surface area contributed by atoms with Gasteiger partial charge in [-0.25, -0.2) is 0 Å². The second-order valence-corrected chi connectivity index (χ2v) is 5.68. The predicted molar refractivity (Wildman–Crippen MR) is 87.1 cm³/mol. The van der Waals surface area contributed by atoms with Gasteiger partial charge in [0.2, 0.25) is 0 Å². The summed E-state index contributed by atoms with van der Waals surface area (Å²) in [5.41, 5.74) is 1.92. The zero-order chi connectivity index (χ0) is 16.1. The van der Waals surface area contributed by atoms with Crippen LogP contribution in [0.3, 0.4) is 0 Å². The first-order chi connectivity index (χ1) is 10.5. The third kappa shape index (κ3) is 3.87. The molecule has 0 spiro atoms. The molecule has 0 bridgehead atoms. The van der Waals surface area contributed by atoms with Crippen LogP contribution in [-0.2, 0) is 0 Å². The molecule has 5 heteroatoms. The number of aliphatic hydroxyl groups is 1. The molecule has 120 valence electrons. The molecule has 0 saturated heterocycles. The fourth-order valence-electron chi connectivity index (χ4n) is 2.44. The normalized spacial score (nSPS) is 15.3. The van der Waals surface area contributed by atoms with Crippen LogP contribution in [0.2, 0.25) is 0 Å². The number of aromatic nitrogens is 2. The molecule has 5 nitrogen and oxygen atoms in total. The average molecular weight is 303 g/mol. The Labute approximate surface area is 131 Å². The zero-order valence-electron chi connectivity index (χ0n) is 13.7. The molecule has 2 aromatic rings. The van der Waals surface area contributed by atoms with E-state index in [1.165, 1.54) is 0 Å². The molecule has 0 saturated carbocycles. The van der Waals surface area contributed by atoms with Gasteiger partial charge < -0.3 is 15.2 Å². The van der Waals surface area contributed by atoms with Gasteiger partial charge in [-0.15, -0.1) is 0 Å². The summed E-state index contributed by atoms with van der Waals surface area (Å²) in [4.78, 5) is 0. The number of methoxy groups -OCH3 is 1. The summed E-state index contributed by atoms with van der Waals surface area (Å²) < 4.78 is 7.25. The molecule has 0 aliphatic rings. The summed E-state index contributed by atoms with van der Waals surface area (Å²) in [6.07, 6.45) is 3.11. The van der Waals surface area contributed by atoms with Crippen molar-refractivity contribution in [1.29, 1.82) is 0 Å². The van der Waals surface area contributed by atoms with Crippen LogP contribution in [0, 0.1) is 6.92 Å². The van der Waals surface area contributed by atoms with Crippen LogP contribution in [0.25, 0.3) is 0 Å². The van der Waals surface area contributed by atoms with Crippen molar-refractivity contribution in [2.75, 3.05) is 13.7 Å². The second kappa shape index (κ2) is 7.42. The molecule has 0 aliphatic carbocycles. The lowest BCUT2D eigenvalue weighted by molar-refractivity contribution is 0.162. The minimum Gasteiger partial charge on any atom is -0.496 e. The van der Waals surface area contributed by atoms with E-state index in [9.17, 15) is 5.11 Å². The van der Waals surface area contributed by atoms with E-state index >= 15 is 0 Å². The van der Waals surface area contributed by atoms with E-state index in [1.54, 1.807) is 13.3 Å². The van der Waals surface area contributed by atoms with Crippen LogP contribution >= 0.6 is 0 Å². The minimum absolute atomic E-state index is 0.186. The fraction of sp³-hybridized carbons (Fsp3) is 0.471. The van der Waals surface area contributed by atoms with Crippen molar-refractivity contribution >= 4 is 0 Å². The molecule has 0 amide bonds. The third-order valence-electron chi connectivity index (χ3n) is 4.04. The number of nitrogens with one attached hydrogen (secondary N) is 1. The van der Waals surface area contributed by atoms with Crippen LogP contribution in [0.15, 0.2) is 36.7 Å². The maximum Gasteiger partial charge on any atom is 0.124 e. The van der Waals surface area contributed by atoms with Crippen LogP contribution in [-0.4, -0.2) is 34.6 Å². The molecule has 0 unspecified atom stereocenters. The molecule has 3 atom stereocenters. The highest BCUT2D eigenvalue weighted by Crippen LogP contribution is 2.26. The summed E-state index contributed by atoms with van der Waals surface area (Å²) in [5, 5.41) is 18.1.